The third-order valence-electron chi connectivity index (χ3n) is 4.01. The average Bonchev–Trinajstić information content (AvgIpc) is 2.44. The molecule has 0 saturated carbocycles. The molecule has 5 heteroatoms. The van der Waals surface area contributed by atoms with Gasteiger partial charge in [-0.2, -0.15) is 0 Å². The Morgan fingerprint density at radius 3 is 1.96 bits per heavy atom. The Hall–Kier alpha value is -1.78. The number of esters is 1. The third-order valence-corrected chi connectivity index (χ3v) is 4.01. The Bertz CT molecular complexity index is 524. The van der Waals surface area contributed by atoms with Gasteiger partial charge in [0.1, 0.15) is 11.6 Å². The number of ether oxygens (including phenoxy) is 2. The fourth-order valence-corrected chi connectivity index (χ4v) is 3.00. The van der Waals surface area contributed by atoms with Gasteiger partial charge in [0.2, 0.25) is 0 Å². The molecule has 0 aromatic rings. The summed E-state index contributed by atoms with van der Waals surface area (Å²) in [7, 11) is 2.91. The molecule has 1 unspecified atom stereocenters. The maximum atomic E-state index is 12.6. The summed E-state index contributed by atoms with van der Waals surface area (Å²) in [5.74, 6) is -0.268. The zero-order chi connectivity index (χ0) is 20.0. The number of carbonyl (C=O) groups excluding carboxylic acids is 2. The smallest absolute Gasteiger partial charge is 0.410 e. The first kappa shape index (κ1) is 23.2. The van der Waals surface area contributed by atoms with Crippen LogP contribution in [0.15, 0.2) is 23.8 Å². The van der Waals surface area contributed by atoms with Crippen LogP contribution in [0.5, 0.6) is 0 Å². The summed E-state index contributed by atoms with van der Waals surface area (Å²) in [5.41, 5.74) is -0.221. The molecule has 0 aliphatic carbocycles. The van der Waals surface area contributed by atoms with Gasteiger partial charge in [0.25, 0.3) is 0 Å². The Kier molecular flexibility index (Phi) is 8.42. The topological polar surface area (TPSA) is 55.8 Å². The molecule has 1 atom stereocenters. The maximum Gasteiger partial charge on any atom is 0.410 e. The van der Waals surface area contributed by atoms with Gasteiger partial charge in [-0.1, -0.05) is 51.5 Å². The van der Waals surface area contributed by atoms with Crippen molar-refractivity contribution in [1.82, 2.24) is 4.90 Å². The first-order valence-corrected chi connectivity index (χ1v) is 8.66. The largest absolute Gasteiger partial charge is 0.467 e. The molecule has 0 aliphatic rings. The highest BCUT2D eigenvalue weighted by Crippen LogP contribution is 2.38. The molecule has 25 heavy (non-hydrogen) atoms. The van der Waals surface area contributed by atoms with E-state index in [1.54, 1.807) is 27.8 Å². The van der Waals surface area contributed by atoms with E-state index in [9.17, 15) is 9.59 Å². The zero-order valence-electron chi connectivity index (χ0n) is 17.5. The number of nitrogens with zero attached hydrogens (tertiary/aromatic N) is 1. The lowest BCUT2D eigenvalue weighted by Gasteiger charge is -2.41. The molecular formula is C20H35NO4. The van der Waals surface area contributed by atoms with Crippen LogP contribution in [0.3, 0.4) is 0 Å². The highest BCUT2D eigenvalue weighted by Gasteiger charge is 2.45. The molecule has 0 rings (SSSR count). The van der Waals surface area contributed by atoms with E-state index in [1.807, 2.05) is 39.0 Å². The van der Waals surface area contributed by atoms with Crippen LogP contribution in [0, 0.1) is 11.3 Å². The average molecular weight is 354 g/mol. The molecule has 0 fully saturated rings. The third kappa shape index (κ3) is 6.56. The van der Waals surface area contributed by atoms with Gasteiger partial charge in [0, 0.05) is 12.5 Å². The Morgan fingerprint density at radius 2 is 1.60 bits per heavy atom. The fourth-order valence-electron chi connectivity index (χ4n) is 3.00. The fraction of sp³-hybridized carbons (Fsp3) is 0.700. The van der Waals surface area contributed by atoms with Crippen LogP contribution in [0.4, 0.5) is 4.79 Å². The van der Waals surface area contributed by atoms with E-state index >= 15 is 0 Å². The van der Waals surface area contributed by atoms with E-state index in [-0.39, 0.29) is 5.92 Å². The summed E-state index contributed by atoms with van der Waals surface area (Å²) in [5, 5.41) is 0. The second-order valence-corrected chi connectivity index (χ2v) is 8.04. The van der Waals surface area contributed by atoms with Gasteiger partial charge >= 0.3 is 12.1 Å². The number of carbonyl (C=O) groups is 2. The van der Waals surface area contributed by atoms with Gasteiger partial charge in [-0.05, 0) is 33.6 Å². The van der Waals surface area contributed by atoms with Crippen molar-refractivity contribution in [3.63, 3.8) is 0 Å². The number of allylic oxidation sites excluding steroid dienone is 3. The minimum absolute atomic E-state index is 0.199. The molecule has 144 valence electrons. The molecule has 0 radical (unpaired) electrons. The van der Waals surface area contributed by atoms with Crippen molar-refractivity contribution in [2.45, 2.75) is 67.0 Å². The van der Waals surface area contributed by atoms with Gasteiger partial charge in [-0.15, -0.1) is 0 Å². The quantitative estimate of drug-likeness (QED) is 0.518. The lowest BCUT2D eigenvalue weighted by molar-refractivity contribution is -0.150. The Balaban J connectivity index is 6.01. The van der Waals surface area contributed by atoms with Gasteiger partial charge in [0.15, 0.2) is 0 Å². The first-order chi connectivity index (χ1) is 11.3. The predicted octanol–water partition coefficient (Wildman–Crippen LogP) is 4.58. The van der Waals surface area contributed by atoms with Crippen molar-refractivity contribution in [3.05, 3.63) is 23.8 Å². The van der Waals surface area contributed by atoms with Crippen molar-refractivity contribution in [1.29, 1.82) is 0 Å². The predicted molar refractivity (Wildman–Crippen MR) is 101 cm³/mol. The number of methoxy groups -OCH3 is 1. The minimum atomic E-state index is -0.800. The Labute approximate surface area is 153 Å². The van der Waals surface area contributed by atoms with Crippen LogP contribution in [0.25, 0.3) is 0 Å². The summed E-state index contributed by atoms with van der Waals surface area (Å²) in [6.07, 6.45) is 5.33. The van der Waals surface area contributed by atoms with Crippen molar-refractivity contribution in [3.8, 4) is 0 Å². The summed E-state index contributed by atoms with van der Waals surface area (Å²) in [6.45, 7) is 15.4. The number of hydrogen-bond donors (Lipinski definition) is 0. The van der Waals surface area contributed by atoms with Crippen molar-refractivity contribution in [2.75, 3.05) is 14.2 Å². The van der Waals surface area contributed by atoms with Crippen LogP contribution >= 0.6 is 0 Å². The second kappa shape index (κ2) is 9.07. The number of likely N-dealkylation sites (N-methyl/N-ethyl adjacent to an activating group) is 1. The van der Waals surface area contributed by atoms with E-state index < -0.39 is 29.1 Å². The van der Waals surface area contributed by atoms with E-state index in [0.29, 0.717) is 0 Å². The standard InChI is InChI=1S/C20H35NO4/c1-11-12-13-15(14(2)3)20(7,8)16(17(22)24-10)21(9)18(23)25-19(4,5)6/h11-14,16H,1-10H3/b12-11-,15-13+. The molecule has 0 heterocycles. The number of hydrogen-bond acceptors (Lipinski definition) is 4. The van der Waals surface area contributed by atoms with E-state index in [0.717, 1.165) is 5.57 Å². The molecule has 5 nitrogen and oxygen atoms in total. The van der Waals surface area contributed by atoms with E-state index in [4.69, 9.17) is 9.47 Å². The molecule has 0 aromatic heterocycles. The van der Waals surface area contributed by atoms with Gasteiger partial charge in [0.05, 0.1) is 7.11 Å². The summed E-state index contributed by atoms with van der Waals surface area (Å²) >= 11 is 0. The Morgan fingerprint density at radius 1 is 1.08 bits per heavy atom. The van der Waals surface area contributed by atoms with Crippen molar-refractivity contribution in [2.24, 2.45) is 11.3 Å². The lowest BCUT2D eigenvalue weighted by atomic mass is 9.72. The summed E-state index contributed by atoms with van der Waals surface area (Å²) in [6, 6.07) is -0.800. The molecule has 0 bridgehead atoms. The highest BCUT2D eigenvalue weighted by molar-refractivity contribution is 5.82. The molecule has 0 aliphatic heterocycles. The highest BCUT2D eigenvalue weighted by atomic mass is 16.6. The molecule has 0 aromatic carbocycles. The van der Waals surface area contributed by atoms with E-state index in [1.165, 1.54) is 12.0 Å². The second-order valence-electron chi connectivity index (χ2n) is 8.04. The summed E-state index contributed by atoms with van der Waals surface area (Å²) < 4.78 is 10.4. The van der Waals surface area contributed by atoms with Gasteiger partial charge in [-0.25, -0.2) is 9.59 Å². The van der Waals surface area contributed by atoms with Crippen molar-refractivity contribution < 1.29 is 19.1 Å². The van der Waals surface area contributed by atoms with Crippen LogP contribution in [-0.2, 0) is 14.3 Å². The van der Waals surface area contributed by atoms with E-state index in [2.05, 4.69) is 13.8 Å². The first-order valence-electron chi connectivity index (χ1n) is 8.66. The van der Waals surface area contributed by atoms with Crippen LogP contribution in [0.1, 0.15) is 55.4 Å². The van der Waals surface area contributed by atoms with Gasteiger partial charge < -0.3 is 9.47 Å². The lowest BCUT2D eigenvalue weighted by Crippen LogP contribution is -2.53. The number of rotatable bonds is 6. The molecule has 0 N–H and O–H groups in total. The number of amides is 1. The monoisotopic (exact) mass is 353 g/mol. The SMILES string of the molecule is C/C=C\C=C(/C(C)C)C(C)(C)C(C(=O)OC)N(C)C(=O)OC(C)(C)C. The molecule has 1 amide bonds. The molecular weight excluding hydrogens is 318 g/mol. The van der Waals surface area contributed by atoms with Crippen molar-refractivity contribution >= 4 is 12.1 Å². The van der Waals surface area contributed by atoms with Crippen LogP contribution in [-0.4, -0.2) is 42.8 Å². The maximum absolute atomic E-state index is 12.6. The van der Waals surface area contributed by atoms with Gasteiger partial charge in [-0.3, -0.25) is 4.90 Å². The normalized spacial score (nSPS) is 14.6. The molecule has 0 saturated heterocycles. The zero-order valence-corrected chi connectivity index (χ0v) is 17.5. The van der Waals surface area contributed by atoms with Crippen LogP contribution < -0.4 is 0 Å². The summed E-state index contributed by atoms with van der Waals surface area (Å²) in [4.78, 5) is 26.4. The molecule has 0 spiro atoms. The minimum Gasteiger partial charge on any atom is -0.467 e. The van der Waals surface area contributed by atoms with Crippen LogP contribution in [0.2, 0.25) is 0 Å².